The molecule has 0 saturated carbocycles. The highest BCUT2D eigenvalue weighted by molar-refractivity contribution is 5.99. The third-order valence-electron chi connectivity index (χ3n) is 3.35. The Hall–Kier alpha value is -2.17. The van der Waals surface area contributed by atoms with Gasteiger partial charge in [-0.15, -0.1) is 0 Å². The van der Waals surface area contributed by atoms with E-state index in [0.29, 0.717) is 13.0 Å². The highest BCUT2D eigenvalue weighted by Crippen LogP contribution is 2.26. The molecule has 0 radical (unpaired) electrons. The lowest BCUT2D eigenvalue weighted by Crippen LogP contribution is -2.36. The average molecular weight is 320 g/mol. The maximum atomic E-state index is 12.2. The predicted octanol–water partition coefficient (Wildman–Crippen LogP) is 2.71. The Morgan fingerprint density at radius 2 is 1.91 bits per heavy atom. The second kappa shape index (κ2) is 11.4. The number of carbonyl (C=O) groups excluding carboxylic acids is 3. The maximum Gasteiger partial charge on any atom is 0.255 e. The zero-order valence-electron chi connectivity index (χ0n) is 14.8. The standard InChI is InChI=1S/C14H17NO2.C2H5NO.C2H6/c1-3-4-12(9-16)15-8-11-7-10(2)5-6-13(11)14(15)17;1-3-2-4;1-2/h5-7,9,12H,3-4,8H2,1-2H3;2H,1H3,(H,3,4);1-2H3. The topological polar surface area (TPSA) is 66.5 Å². The predicted molar refractivity (Wildman–Crippen MR) is 92.3 cm³/mol. The van der Waals surface area contributed by atoms with Crippen molar-refractivity contribution in [3.63, 3.8) is 0 Å². The van der Waals surface area contributed by atoms with Crippen molar-refractivity contribution in [1.82, 2.24) is 10.2 Å². The summed E-state index contributed by atoms with van der Waals surface area (Å²) in [6.45, 7) is 8.60. The fraction of sp³-hybridized carbons (Fsp3) is 0.500. The molecule has 0 spiro atoms. The molecule has 1 unspecified atom stereocenters. The van der Waals surface area contributed by atoms with Crippen LogP contribution in [0, 0.1) is 6.92 Å². The smallest absolute Gasteiger partial charge is 0.255 e. The number of aryl methyl sites for hydroxylation is 1. The largest absolute Gasteiger partial charge is 0.362 e. The van der Waals surface area contributed by atoms with Gasteiger partial charge in [0, 0.05) is 19.2 Å². The molecule has 1 aliphatic heterocycles. The third kappa shape index (κ3) is 5.85. The van der Waals surface area contributed by atoms with E-state index in [0.717, 1.165) is 35.8 Å². The summed E-state index contributed by atoms with van der Waals surface area (Å²) in [5.74, 6) is -0.00875. The van der Waals surface area contributed by atoms with Crippen molar-refractivity contribution in [2.75, 3.05) is 7.05 Å². The van der Waals surface area contributed by atoms with Gasteiger partial charge in [0.05, 0.1) is 6.04 Å². The number of amides is 2. The van der Waals surface area contributed by atoms with Gasteiger partial charge in [-0.05, 0) is 25.0 Å². The number of nitrogens with zero attached hydrogens (tertiary/aromatic N) is 1. The molecule has 5 heteroatoms. The number of nitrogens with one attached hydrogen (secondary N) is 1. The molecule has 0 fully saturated rings. The first-order valence-electron chi connectivity index (χ1n) is 8.05. The van der Waals surface area contributed by atoms with E-state index in [-0.39, 0.29) is 11.9 Å². The van der Waals surface area contributed by atoms with Crippen molar-refractivity contribution in [3.05, 3.63) is 34.9 Å². The van der Waals surface area contributed by atoms with Gasteiger partial charge in [-0.3, -0.25) is 9.59 Å². The maximum absolute atomic E-state index is 12.2. The van der Waals surface area contributed by atoms with Crippen molar-refractivity contribution >= 4 is 18.6 Å². The van der Waals surface area contributed by atoms with Crippen molar-refractivity contribution in [3.8, 4) is 0 Å². The Kier molecular flexibility index (Phi) is 10.3. The number of rotatable bonds is 5. The molecule has 5 nitrogen and oxygen atoms in total. The van der Waals surface area contributed by atoms with E-state index < -0.39 is 0 Å². The monoisotopic (exact) mass is 320 g/mol. The number of benzene rings is 1. The molecule has 0 saturated heterocycles. The normalized spacial score (nSPS) is 12.9. The third-order valence-corrected chi connectivity index (χ3v) is 3.35. The Morgan fingerprint density at radius 1 is 1.30 bits per heavy atom. The zero-order valence-corrected chi connectivity index (χ0v) is 14.8. The first kappa shape index (κ1) is 20.8. The van der Waals surface area contributed by atoms with E-state index in [1.165, 1.54) is 0 Å². The van der Waals surface area contributed by atoms with Gasteiger partial charge in [-0.25, -0.2) is 0 Å². The number of aldehydes is 1. The van der Waals surface area contributed by atoms with Crippen molar-refractivity contribution in [2.24, 2.45) is 0 Å². The Labute approximate surface area is 139 Å². The SMILES string of the molecule is CC.CCCC(C=O)N1Cc2cc(C)ccc2C1=O.CNC=O. The molecule has 1 heterocycles. The van der Waals surface area contributed by atoms with Gasteiger partial charge in [0.2, 0.25) is 6.41 Å². The molecular weight excluding hydrogens is 292 g/mol. The number of hydrogen-bond donors (Lipinski definition) is 1. The van der Waals surface area contributed by atoms with Crippen LogP contribution in [0.1, 0.15) is 55.1 Å². The lowest BCUT2D eigenvalue weighted by molar-refractivity contribution is -0.112. The molecule has 0 aliphatic carbocycles. The first-order valence-corrected chi connectivity index (χ1v) is 8.05. The molecule has 128 valence electrons. The van der Waals surface area contributed by atoms with Gasteiger partial charge in [-0.2, -0.15) is 0 Å². The van der Waals surface area contributed by atoms with Gasteiger partial charge in [0.25, 0.3) is 5.91 Å². The number of hydrogen-bond acceptors (Lipinski definition) is 3. The second-order valence-corrected chi connectivity index (χ2v) is 4.99. The summed E-state index contributed by atoms with van der Waals surface area (Å²) in [6.07, 6.45) is 3.16. The van der Waals surface area contributed by atoms with Gasteiger partial charge < -0.3 is 15.0 Å². The molecule has 1 aliphatic rings. The van der Waals surface area contributed by atoms with E-state index in [1.807, 2.05) is 45.9 Å². The summed E-state index contributed by atoms with van der Waals surface area (Å²) in [5.41, 5.74) is 2.94. The molecule has 1 aromatic rings. The minimum atomic E-state index is -0.278. The van der Waals surface area contributed by atoms with Crippen LogP contribution in [0.5, 0.6) is 0 Å². The van der Waals surface area contributed by atoms with Gasteiger partial charge >= 0.3 is 0 Å². The second-order valence-electron chi connectivity index (χ2n) is 4.99. The molecular formula is C18H28N2O3. The van der Waals surface area contributed by atoms with Crippen LogP contribution in [-0.2, 0) is 16.1 Å². The average Bonchev–Trinajstić information content (AvgIpc) is 2.90. The summed E-state index contributed by atoms with van der Waals surface area (Å²) in [4.78, 5) is 33.9. The van der Waals surface area contributed by atoms with E-state index >= 15 is 0 Å². The molecule has 2 amide bonds. The van der Waals surface area contributed by atoms with Gasteiger partial charge in [0.15, 0.2) is 0 Å². The molecule has 1 aromatic carbocycles. The Balaban J connectivity index is 0.000000705. The van der Waals surface area contributed by atoms with Crippen LogP contribution in [0.3, 0.4) is 0 Å². The van der Waals surface area contributed by atoms with Crippen LogP contribution < -0.4 is 5.32 Å². The lowest BCUT2D eigenvalue weighted by Gasteiger charge is -2.22. The number of fused-ring (bicyclic) bond motifs is 1. The van der Waals surface area contributed by atoms with Crippen LogP contribution in [0.4, 0.5) is 0 Å². The van der Waals surface area contributed by atoms with Crippen LogP contribution in [0.25, 0.3) is 0 Å². The van der Waals surface area contributed by atoms with Crippen molar-refractivity contribution < 1.29 is 14.4 Å². The summed E-state index contributed by atoms with van der Waals surface area (Å²) >= 11 is 0. The van der Waals surface area contributed by atoms with Gasteiger partial charge in [-0.1, -0.05) is 44.9 Å². The lowest BCUT2D eigenvalue weighted by atomic mass is 10.1. The van der Waals surface area contributed by atoms with Crippen LogP contribution >= 0.6 is 0 Å². The van der Waals surface area contributed by atoms with Crippen molar-refractivity contribution in [2.45, 2.75) is 53.1 Å². The summed E-state index contributed by atoms with van der Waals surface area (Å²) in [5, 5.41) is 2.25. The van der Waals surface area contributed by atoms with E-state index in [9.17, 15) is 9.59 Å². The molecule has 2 rings (SSSR count). The van der Waals surface area contributed by atoms with E-state index in [1.54, 1.807) is 11.9 Å². The number of carbonyl (C=O) groups is 3. The molecule has 0 aromatic heterocycles. The minimum absolute atomic E-state index is 0.00875. The quantitative estimate of drug-likeness (QED) is 0.848. The van der Waals surface area contributed by atoms with Crippen LogP contribution in [-0.4, -0.2) is 36.6 Å². The molecule has 1 atom stereocenters. The molecule has 1 N–H and O–H groups in total. The van der Waals surface area contributed by atoms with E-state index in [4.69, 9.17) is 4.79 Å². The fourth-order valence-corrected chi connectivity index (χ4v) is 2.33. The summed E-state index contributed by atoms with van der Waals surface area (Å²) < 4.78 is 0. The molecule has 23 heavy (non-hydrogen) atoms. The Morgan fingerprint density at radius 3 is 2.39 bits per heavy atom. The highest BCUT2D eigenvalue weighted by atomic mass is 16.2. The summed E-state index contributed by atoms with van der Waals surface area (Å²) in [6, 6.07) is 5.55. The molecule has 0 bridgehead atoms. The van der Waals surface area contributed by atoms with Gasteiger partial charge in [0.1, 0.15) is 6.29 Å². The summed E-state index contributed by atoms with van der Waals surface area (Å²) in [7, 11) is 1.56. The highest BCUT2D eigenvalue weighted by Gasteiger charge is 2.31. The van der Waals surface area contributed by atoms with Crippen LogP contribution in [0.15, 0.2) is 18.2 Å². The van der Waals surface area contributed by atoms with Crippen LogP contribution in [0.2, 0.25) is 0 Å². The Bertz CT molecular complexity index is 515. The zero-order chi connectivity index (χ0) is 17.8. The van der Waals surface area contributed by atoms with E-state index in [2.05, 4.69) is 5.32 Å². The fourth-order valence-electron chi connectivity index (χ4n) is 2.33. The minimum Gasteiger partial charge on any atom is -0.362 e. The first-order chi connectivity index (χ1) is 11.1. The van der Waals surface area contributed by atoms with Crippen molar-refractivity contribution in [1.29, 1.82) is 0 Å².